The van der Waals surface area contributed by atoms with E-state index in [1.54, 1.807) is 0 Å². The summed E-state index contributed by atoms with van der Waals surface area (Å²) in [4.78, 5) is 2.40. The van der Waals surface area contributed by atoms with Gasteiger partial charge in [-0.3, -0.25) is 0 Å². The number of nitrogens with zero attached hydrogens (tertiary/aromatic N) is 2. The Hall–Kier alpha value is -0.590. The zero-order valence-corrected chi connectivity index (χ0v) is 10.4. The van der Waals surface area contributed by atoms with Gasteiger partial charge in [-0.05, 0) is 31.3 Å². The van der Waals surface area contributed by atoms with Gasteiger partial charge < -0.3 is 10.2 Å². The average Bonchev–Trinajstić information content (AvgIpc) is 2.61. The van der Waals surface area contributed by atoms with Crippen LogP contribution in [-0.4, -0.2) is 37.6 Å². The number of likely N-dealkylation sites (tertiary alicyclic amines) is 1. The quantitative estimate of drug-likeness (QED) is 0.765. The van der Waals surface area contributed by atoms with E-state index in [9.17, 15) is 0 Å². The van der Waals surface area contributed by atoms with E-state index < -0.39 is 0 Å². The molecule has 1 saturated heterocycles. The minimum atomic E-state index is -0.0243. The van der Waals surface area contributed by atoms with E-state index in [2.05, 4.69) is 37.1 Å². The first-order chi connectivity index (χ1) is 6.97. The highest BCUT2D eigenvalue weighted by atomic mass is 15.2. The molecule has 1 aliphatic heterocycles. The second-order valence-electron chi connectivity index (χ2n) is 5.58. The Morgan fingerprint density at radius 2 is 2.20 bits per heavy atom. The fourth-order valence-corrected chi connectivity index (χ4v) is 2.16. The van der Waals surface area contributed by atoms with E-state index in [1.807, 2.05) is 7.05 Å². The molecule has 0 radical (unpaired) electrons. The van der Waals surface area contributed by atoms with Crippen LogP contribution in [0.15, 0.2) is 0 Å². The number of hydrogen-bond donors (Lipinski definition) is 1. The van der Waals surface area contributed by atoms with Crippen molar-refractivity contribution in [2.75, 3.05) is 26.7 Å². The van der Waals surface area contributed by atoms with E-state index in [0.29, 0.717) is 5.41 Å². The van der Waals surface area contributed by atoms with Crippen LogP contribution in [-0.2, 0) is 0 Å². The molecule has 0 aromatic carbocycles. The maximum Gasteiger partial charge on any atom is 0.108 e. The van der Waals surface area contributed by atoms with E-state index in [-0.39, 0.29) is 6.04 Å². The zero-order valence-electron chi connectivity index (χ0n) is 10.4. The van der Waals surface area contributed by atoms with Gasteiger partial charge in [0.1, 0.15) is 6.04 Å². The van der Waals surface area contributed by atoms with Crippen molar-refractivity contribution in [1.82, 2.24) is 10.2 Å². The lowest BCUT2D eigenvalue weighted by atomic mass is 9.80. The van der Waals surface area contributed by atoms with Gasteiger partial charge in [0.15, 0.2) is 0 Å². The Labute approximate surface area is 93.5 Å². The number of hydrogen-bond acceptors (Lipinski definition) is 3. The summed E-state index contributed by atoms with van der Waals surface area (Å²) < 4.78 is 0. The van der Waals surface area contributed by atoms with E-state index >= 15 is 0 Å². The summed E-state index contributed by atoms with van der Waals surface area (Å²) in [5.41, 5.74) is 0.399. The molecule has 2 atom stereocenters. The van der Waals surface area contributed by atoms with Crippen LogP contribution in [0.3, 0.4) is 0 Å². The van der Waals surface area contributed by atoms with Crippen molar-refractivity contribution < 1.29 is 0 Å². The summed E-state index contributed by atoms with van der Waals surface area (Å²) in [6.45, 7) is 10.1. The molecular weight excluding hydrogens is 186 g/mol. The molecule has 15 heavy (non-hydrogen) atoms. The van der Waals surface area contributed by atoms with E-state index in [0.717, 1.165) is 25.6 Å². The summed E-state index contributed by atoms with van der Waals surface area (Å²) in [6.07, 6.45) is 1.27. The van der Waals surface area contributed by atoms with Gasteiger partial charge in [-0.15, -0.1) is 0 Å². The highest BCUT2D eigenvalue weighted by molar-refractivity contribution is 4.93. The van der Waals surface area contributed by atoms with Gasteiger partial charge in [0.2, 0.25) is 0 Å². The number of nitrogens with one attached hydrogen (secondary N) is 1. The standard InChI is InChI=1S/C12H23N3/c1-12(2,3)10-5-6-15(8-10)9-11(7-13)14-4/h10-11,14H,5-6,8-9H2,1-4H3. The second-order valence-corrected chi connectivity index (χ2v) is 5.58. The summed E-state index contributed by atoms with van der Waals surface area (Å²) in [6, 6.07) is 2.26. The number of nitriles is 1. The molecule has 1 heterocycles. The lowest BCUT2D eigenvalue weighted by molar-refractivity contribution is 0.225. The van der Waals surface area contributed by atoms with Crippen molar-refractivity contribution in [1.29, 1.82) is 5.26 Å². The Kier molecular flexibility index (Phi) is 4.12. The summed E-state index contributed by atoms with van der Waals surface area (Å²) >= 11 is 0. The van der Waals surface area contributed by atoms with Crippen LogP contribution in [0.1, 0.15) is 27.2 Å². The van der Waals surface area contributed by atoms with Crippen LogP contribution in [0.4, 0.5) is 0 Å². The Morgan fingerprint density at radius 1 is 1.53 bits per heavy atom. The predicted molar refractivity (Wildman–Crippen MR) is 62.5 cm³/mol. The third kappa shape index (κ3) is 3.48. The zero-order chi connectivity index (χ0) is 11.5. The fraction of sp³-hybridized carbons (Fsp3) is 0.917. The third-order valence-electron chi connectivity index (χ3n) is 3.44. The van der Waals surface area contributed by atoms with Crippen LogP contribution in [0, 0.1) is 22.7 Å². The van der Waals surface area contributed by atoms with Crippen LogP contribution in [0.2, 0.25) is 0 Å². The SMILES string of the molecule is CNC(C#N)CN1CCC(C(C)(C)C)C1. The van der Waals surface area contributed by atoms with Gasteiger partial charge in [-0.1, -0.05) is 20.8 Å². The largest absolute Gasteiger partial charge is 0.304 e. The molecule has 3 nitrogen and oxygen atoms in total. The van der Waals surface area contributed by atoms with Gasteiger partial charge in [0.05, 0.1) is 6.07 Å². The molecule has 1 aliphatic rings. The molecule has 1 rings (SSSR count). The van der Waals surface area contributed by atoms with Crippen molar-refractivity contribution in [3.63, 3.8) is 0 Å². The second kappa shape index (κ2) is 4.96. The van der Waals surface area contributed by atoms with Gasteiger partial charge >= 0.3 is 0 Å². The van der Waals surface area contributed by atoms with Gasteiger partial charge in [-0.2, -0.15) is 5.26 Å². The molecule has 2 unspecified atom stereocenters. The van der Waals surface area contributed by atoms with Crippen LogP contribution < -0.4 is 5.32 Å². The normalized spacial score (nSPS) is 25.1. The minimum Gasteiger partial charge on any atom is -0.304 e. The summed E-state index contributed by atoms with van der Waals surface area (Å²) in [5, 5.41) is 11.9. The number of rotatable bonds is 3. The van der Waals surface area contributed by atoms with Crippen molar-refractivity contribution in [3.8, 4) is 6.07 Å². The molecule has 3 heteroatoms. The molecule has 0 bridgehead atoms. The molecule has 1 fully saturated rings. The summed E-state index contributed by atoms with van der Waals surface area (Å²) in [7, 11) is 1.85. The molecular formula is C12H23N3. The molecule has 0 aromatic rings. The highest BCUT2D eigenvalue weighted by Gasteiger charge is 2.32. The maximum atomic E-state index is 8.87. The van der Waals surface area contributed by atoms with E-state index in [4.69, 9.17) is 5.26 Å². The smallest absolute Gasteiger partial charge is 0.108 e. The third-order valence-corrected chi connectivity index (χ3v) is 3.44. The molecule has 0 aromatic heterocycles. The van der Waals surface area contributed by atoms with Crippen LogP contribution in [0.5, 0.6) is 0 Å². The first-order valence-electron chi connectivity index (χ1n) is 5.76. The lowest BCUT2D eigenvalue weighted by Gasteiger charge is -2.27. The molecule has 0 aliphatic carbocycles. The van der Waals surface area contributed by atoms with Gasteiger partial charge in [0, 0.05) is 13.1 Å². The predicted octanol–water partition coefficient (Wildman–Crippen LogP) is 1.47. The molecule has 0 spiro atoms. The Balaban J connectivity index is 2.41. The number of likely N-dealkylation sites (N-methyl/N-ethyl adjacent to an activating group) is 1. The van der Waals surface area contributed by atoms with E-state index in [1.165, 1.54) is 6.42 Å². The molecule has 86 valence electrons. The molecule has 0 amide bonds. The molecule has 1 N–H and O–H groups in total. The Bertz CT molecular complexity index is 236. The van der Waals surface area contributed by atoms with Gasteiger partial charge in [0.25, 0.3) is 0 Å². The highest BCUT2D eigenvalue weighted by Crippen LogP contribution is 2.33. The first kappa shape index (κ1) is 12.5. The first-order valence-corrected chi connectivity index (χ1v) is 5.76. The van der Waals surface area contributed by atoms with Crippen LogP contribution >= 0.6 is 0 Å². The lowest BCUT2D eigenvalue weighted by Crippen LogP contribution is -2.38. The monoisotopic (exact) mass is 209 g/mol. The maximum absolute atomic E-state index is 8.87. The summed E-state index contributed by atoms with van der Waals surface area (Å²) in [5.74, 6) is 0.772. The molecule has 0 saturated carbocycles. The van der Waals surface area contributed by atoms with Crippen molar-refractivity contribution in [2.24, 2.45) is 11.3 Å². The Morgan fingerprint density at radius 3 is 2.60 bits per heavy atom. The van der Waals surface area contributed by atoms with Crippen LogP contribution in [0.25, 0.3) is 0 Å². The average molecular weight is 209 g/mol. The van der Waals surface area contributed by atoms with Crippen molar-refractivity contribution in [3.05, 3.63) is 0 Å². The van der Waals surface area contributed by atoms with Crippen molar-refractivity contribution >= 4 is 0 Å². The van der Waals surface area contributed by atoms with Gasteiger partial charge in [-0.25, -0.2) is 0 Å². The topological polar surface area (TPSA) is 39.1 Å². The minimum absolute atomic E-state index is 0.0243. The van der Waals surface area contributed by atoms with Crippen molar-refractivity contribution in [2.45, 2.75) is 33.2 Å². The fourth-order valence-electron chi connectivity index (χ4n) is 2.16.